The molecule has 1 saturated heterocycles. The molecule has 2 N–H and O–H groups in total. The number of anilines is 1. The van der Waals surface area contributed by atoms with Crippen LogP contribution in [0.2, 0.25) is 0 Å². The molecule has 0 radical (unpaired) electrons. The summed E-state index contributed by atoms with van der Waals surface area (Å²) >= 11 is 0. The Morgan fingerprint density at radius 3 is 2.81 bits per heavy atom. The third-order valence-corrected chi connectivity index (χ3v) is 3.80. The van der Waals surface area contributed by atoms with Crippen LogP contribution in [0.5, 0.6) is 0 Å². The van der Waals surface area contributed by atoms with Crippen molar-refractivity contribution in [3.8, 4) is 0 Å². The zero-order valence-electron chi connectivity index (χ0n) is 12.7. The van der Waals surface area contributed by atoms with E-state index in [0.29, 0.717) is 5.82 Å². The number of aromatic nitrogens is 1. The van der Waals surface area contributed by atoms with E-state index in [-0.39, 0.29) is 17.5 Å². The summed E-state index contributed by atoms with van der Waals surface area (Å²) in [4.78, 5) is 18.6. The molecule has 0 saturated carbocycles. The van der Waals surface area contributed by atoms with E-state index in [1.165, 1.54) is 6.07 Å². The van der Waals surface area contributed by atoms with Crippen LogP contribution in [0.4, 0.5) is 10.2 Å². The first-order chi connectivity index (χ1) is 10.1. The number of hydrogen-bond donors (Lipinski definition) is 2. The smallest absolute Gasteiger partial charge is 0.255 e. The molecule has 116 valence electrons. The van der Waals surface area contributed by atoms with E-state index in [0.717, 1.165) is 45.1 Å². The van der Waals surface area contributed by atoms with Crippen molar-refractivity contribution in [3.05, 3.63) is 23.6 Å². The van der Waals surface area contributed by atoms with Crippen LogP contribution in [0.3, 0.4) is 0 Å². The molecule has 5 nitrogen and oxygen atoms in total. The number of rotatable bonds is 5. The lowest BCUT2D eigenvalue weighted by Gasteiger charge is -2.32. The molecule has 2 heterocycles. The highest BCUT2D eigenvalue weighted by Crippen LogP contribution is 2.15. The Balaban J connectivity index is 1.95. The number of hydrogen-bond acceptors (Lipinski definition) is 4. The van der Waals surface area contributed by atoms with E-state index in [4.69, 9.17) is 0 Å². The highest BCUT2D eigenvalue weighted by atomic mass is 19.1. The van der Waals surface area contributed by atoms with Gasteiger partial charge >= 0.3 is 0 Å². The maximum atomic E-state index is 13.3. The SMILES string of the molecule is CCCN1CCC(NC(=O)c2cc(F)cnc2NC)CC1. The van der Waals surface area contributed by atoms with Gasteiger partial charge in [-0.15, -0.1) is 0 Å². The summed E-state index contributed by atoms with van der Waals surface area (Å²) in [6.07, 6.45) is 4.12. The van der Waals surface area contributed by atoms with Crippen LogP contribution in [0.25, 0.3) is 0 Å². The van der Waals surface area contributed by atoms with Crippen LogP contribution in [-0.4, -0.2) is 48.5 Å². The average molecular weight is 294 g/mol. The molecule has 2 rings (SSSR count). The molecule has 0 unspecified atom stereocenters. The molecule has 1 amide bonds. The average Bonchev–Trinajstić information content (AvgIpc) is 2.49. The van der Waals surface area contributed by atoms with Crippen molar-refractivity contribution in [2.75, 3.05) is 32.0 Å². The summed E-state index contributed by atoms with van der Waals surface area (Å²) < 4.78 is 13.3. The molecule has 6 heteroatoms. The molecule has 0 aliphatic carbocycles. The zero-order chi connectivity index (χ0) is 15.2. The predicted molar refractivity (Wildman–Crippen MR) is 81.0 cm³/mol. The van der Waals surface area contributed by atoms with Crippen molar-refractivity contribution >= 4 is 11.7 Å². The summed E-state index contributed by atoms with van der Waals surface area (Å²) in [6, 6.07) is 1.37. The number of likely N-dealkylation sites (tertiary alicyclic amines) is 1. The molecule has 1 fully saturated rings. The molecule has 1 aliphatic rings. The van der Waals surface area contributed by atoms with Gasteiger partial charge in [0, 0.05) is 26.2 Å². The fourth-order valence-corrected chi connectivity index (χ4v) is 2.69. The maximum absolute atomic E-state index is 13.3. The Morgan fingerprint density at radius 1 is 1.48 bits per heavy atom. The van der Waals surface area contributed by atoms with Crippen LogP contribution < -0.4 is 10.6 Å². The van der Waals surface area contributed by atoms with Crippen LogP contribution in [-0.2, 0) is 0 Å². The van der Waals surface area contributed by atoms with Crippen molar-refractivity contribution in [1.82, 2.24) is 15.2 Å². The minimum atomic E-state index is -0.503. The second-order valence-corrected chi connectivity index (χ2v) is 5.39. The molecule has 0 spiro atoms. The first-order valence-electron chi connectivity index (χ1n) is 7.50. The molecule has 0 aromatic carbocycles. The van der Waals surface area contributed by atoms with Crippen molar-refractivity contribution < 1.29 is 9.18 Å². The van der Waals surface area contributed by atoms with Crippen molar-refractivity contribution in [3.63, 3.8) is 0 Å². The predicted octanol–water partition coefficient (Wildman–Crippen LogP) is 1.87. The number of nitrogens with zero attached hydrogens (tertiary/aromatic N) is 2. The second-order valence-electron chi connectivity index (χ2n) is 5.39. The summed E-state index contributed by atoms with van der Waals surface area (Å²) in [5.74, 6) is -0.366. The molecule has 0 atom stereocenters. The molecule has 1 aromatic rings. The Labute approximate surface area is 124 Å². The number of pyridine rings is 1. The minimum absolute atomic E-state index is 0.151. The summed E-state index contributed by atoms with van der Waals surface area (Å²) in [7, 11) is 1.67. The van der Waals surface area contributed by atoms with Gasteiger partial charge < -0.3 is 15.5 Å². The van der Waals surface area contributed by atoms with Gasteiger partial charge in [0.2, 0.25) is 0 Å². The minimum Gasteiger partial charge on any atom is -0.372 e. The highest BCUT2D eigenvalue weighted by molar-refractivity contribution is 5.98. The number of halogens is 1. The lowest BCUT2D eigenvalue weighted by atomic mass is 10.0. The van der Waals surface area contributed by atoms with Gasteiger partial charge in [-0.1, -0.05) is 6.92 Å². The van der Waals surface area contributed by atoms with E-state index in [9.17, 15) is 9.18 Å². The number of amides is 1. The van der Waals surface area contributed by atoms with Crippen LogP contribution >= 0.6 is 0 Å². The maximum Gasteiger partial charge on any atom is 0.255 e. The number of piperidine rings is 1. The van der Waals surface area contributed by atoms with E-state index in [2.05, 4.69) is 27.4 Å². The largest absolute Gasteiger partial charge is 0.372 e. The Morgan fingerprint density at radius 2 is 2.19 bits per heavy atom. The van der Waals surface area contributed by atoms with Crippen LogP contribution in [0.15, 0.2) is 12.3 Å². The number of carbonyl (C=O) groups is 1. The van der Waals surface area contributed by atoms with Crippen molar-refractivity contribution in [2.45, 2.75) is 32.2 Å². The lowest BCUT2D eigenvalue weighted by molar-refractivity contribution is 0.0911. The fraction of sp³-hybridized carbons (Fsp3) is 0.600. The normalized spacial score (nSPS) is 16.7. The van der Waals surface area contributed by atoms with Crippen molar-refractivity contribution in [2.24, 2.45) is 0 Å². The molecule has 0 bridgehead atoms. The molecular weight excluding hydrogens is 271 g/mol. The van der Waals surface area contributed by atoms with E-state index in [1.807, 2.05) is 0 Å². The van der Waals surface area contributed by atoms with Gasteiger partial charge in [-0.05, 0) is 31.9 Å². The molecule has 21 heavy (non-hydrogen) atoms. The van der Waals surface area contributed by atoms with Gasteiger partial charge in [0.1, 0.15) is 11.6 Å². The van der Waals surface area contributed by atoms with Gasteiger partial charge in [0.15, 0.2) is 0 Å². The standard InChI is InChI=1S/C15H23FN4O/c1-3-6-20-7-4-12(5-8-20)19-15(21)13-9-11(16)10-18-14(13)17-2/h9-10,12H,3-8H2,1-2H3,(H,17,18)(H,19,21). The van der Waals surface area contributed by atoms with Gasteiger partial charge in [-0.3, -0.25) is 4.79 Å². The van der Waals surface area contributed by atoms with Gasteiger partial charge in [0.25, 0.3) is 5.91 Å². The lowest BCUT2D eigenvalue weighted by Crippen LogP contribution is -2.44. The van der Waals surface area contributed by atoms with E-state index in [1.54, 1.807) is 7.05 Å². The fourth-order valence-electron chi connectivity index (χ4n) is 2.69. The Bertz CT molecular complexity index is 487. The Hall–Kier alpha value is -1.69. The third-order valence-electron chi connectivity index (χ3n) is 3.80. The molecule has 1 aliphatic heterocycles. The van der Waals surface area contributed by atoms with Crippen LogP contribution in [0.1, 0.15) is 36.5 Å². The first-order valence-corrected chi connectivity index (χ1v) is 7.50. The van der Waals surface area contributed by atoms with Gasteiger partial charge in [0.05, 0.1) is 11.8 Å². The summed E-state index contributed by atoms with van der Waals surface area (Å²) in [6.45, 7) is 5.28. The Kier molecular flexibility index (Phi) is 5.50. The summed E-state index contributed by atoms with van der Waals surface area (Å²) in [5, 5.41) is 5.81. The molecule has 1 aromatic heterocycles. The van der Waals surface area contributed by atoms with Crippen LogP contribution in [0, 0.1) is 5.82 Å². The van der Waals surface area contributed by atoms with E-state index < -0.39 is 5.82 Å². The van der Waals surface area contributed by atoms with Gasteiger partial charge in [-0.2, -0.15) is 0 Å². The first kappa shape index (κ1) is 15.7. The number of nitrogens with one attached hydrogen (secondary N) is 2. The topological polar surface area (TPSA) is 57.3 Å². The van der Waals surface area contributed by atoms with Gasteiger partial charge in [-0.25, -0.2) is 9.37 Å². The highest BCUT2D eigenvalue weighted by Gasteiger charge is 2.22. The monoisotopic (exact) mass is 294 g/mol. The zero-order valence-corrected chi connectivity index (χ0v) is 12.7. The number of carbonyl (C=O) groups excluding carboxylic acids is 1. The summed E-state index contributed by atoms with van der Waals surface area (Å²) in [5.41, 5.74) is 0.258. The quantitative estimate of drug-likeness (QED) is 0.870. The van der Waals surface area contributed by atoms with E-state index >= 15 is 0 Å². The second kappa shape index (κ2) is 7.36. The molecular formula is C15H23FN4O. The van der Waals surface area contributed by atoms with Crippen molar-refractivity contribution in [1.29, 1.82) is 0 Å². The third kappa shape index (κ3) is 4.14.